The zero-order valence-electron chi connectivity index (χ0n) is 21.4. The van der Waals surface area contributed by atoms with Crippen LogP contribution >= 0.6 is 0 Å². The molecule has 4 rings (SSSR count). The Bertz CT molecular complexity index is 689. The Balaban J connectivity index is 1.46. The van der Waals surface area contributed by atoms with E-state index >= 15 is 0 Å². The van der Waals surface area contributed by atoms with Crippen molar-refractivity contribution in [2.75, 3.05) is 0 Å². The predicted molar refractivity (Wildman–Crippen MR) is 133 cm³/mol. The third-order valence-electron chi connectivity index (χ3n) is 11.1. The molecule has 0 aromatic carbocycles. The molecule has 1 heteroatoms. The standard InChI is InChI=1S/C30H50O/c1-7-22(20(2)3)10-8-9-21(4)26-13-14-27-25-12-11-23-19-24(31)15-17-29(23,5)28(25)16-18-30(26,27)6/h8,10-11,20-22,24-28,31H,7,9,12-19H2,1-6H3/b10-8+/t21-,22?,24+,25+,26-,27+,28+,29+,30-/m1/s1. The minimum Gasteiger partial charge on any atom is -0.393 e. The normalized spacial score (nSPS) is 44.5. The Morgan fingerprint density at radius 2 is 1.84 bits per heavy atom. The van der Waals surface area contributed by atoms with Crippen LogP contribution < -0.4 is 0 Å². The van der Waals surface area contributed by atoms with Gasteiger partial charge >= 0.3 is 0 Å². The molecule has 0 heterocycles. The van der Waals surface area contributed by atoms with E-state index in [1.165, 1.54) is 51.4 Å². The molecule has 0 aromatic rings. The molecule has 9 atom stereocenters. The third kappa shape index (κ3) is 4.11. The van der Waals surface area contributed by atoms with Crippen LogP contribution in [-0.4, -0.2) is 11.2 Å². The van der Waals surface area contributed by atoms with Crippen LogP contribution in [0.25, 0.3) is 0 Å². The number of rotatable bonds is 6. The summed E-state index contributed by atoms with van der Waals surface area (Å²) in [7, 11) is 0. The summed E-state index contributed by atoms with van der Waals surface area (Å²) in [5.41, 5.74) is 2.54. The van der Waals surface area contributed by atoms with Crippen LogP contribution in [0.5, 0.6) is 0 Å². The minimum absolute atomic E-state index is 0.0856. The lowest BCUT2D eigenvalue weighted by Gasteiger charge is -2.58. The Morgan fingerprint density at radius 1 is 1.06 bits per heavy atom. The first-order valence-corrected chi connectivity index (χ1v) is 13.7. The molecule has 3 fully saturated rings. The van der Waals surface area contributed by atoms with Crippen LogP contribution in [0, 0.1) is 52.3 Å². The van der Waals surface area contributed by atoms with E-state index in [1.807, 2.05) is 0 Å². The lowest BCUT2D eigenvalue weighted by molar-refractivity contribution is -0.0565. The van der Waals surface area contributed by atoms with Crippen molar-refractivity contribution in [3.63, 3.8) is 0 Å². The average Bonchev–Trinajstić information content (AvgIpc) is 3.08. The van der Waals surface area contributed by atoms with Crippen molar-refractivity contribution in [1.29, 1.82) is 0 Å². The van der Waals surface area contributed by atoms with E-state index in [0.29, 0.717) is 10.8 Å². The van der Waals surface area contributed by atoms with Crippen molar-refractivity contribution in [3.8, 4) is 0 Å². The van der Waals surface area contributed by atoms with Gasteiger partial charge in [-0.05, 0) is 116 Å². The van der Waals surface area contributed by atoms with E-state index in [-0.39, 0.29) is 6.10 Å². The number of aliphatic hydroxyl groups excluding tert-OH is 1. The summed E-state index contributed by atoms with van der Waals surface area (Å²) >= 11 is 0. The summed E-state index contributed by atoms with van der Waals surface area (Å²) in [5, 5.41) is 10.3. The summed E-state index contributed by atoms with van der Waals surface area (Å²) in [6.07, 6.45) is 20.3. The molecule has 31 heavy (non-hydrogen) atoms. The molecule has 1 nitrogen and oxygen atoms in total. The van der Waals surface area contributed by atoms with Crippen molar-refractivity contribution in [1.82, 2.24) is 0 Å². The number of aliphatic hydroxyl groups is 1. The smallest absolute Gasteiger partial charge is 0.0577 e. The summed E-state index contributed by atoms with van der Waals surface area (Å²) < 4.78 is 0. The second kappa shape index (κ2) is 9.00. The van der Waals surface area contributed by atoms with Gasteiger partial charge in [-0.15, -0.1) is 0 Å². The molecular formula is C30H50O. The van der Waals surface area contributed by atoms with Crippen LogP contribution in [0.15, 0.2) is 23.8 Å². The second-order valence-electron chi connectivity index (χ2n) is 12.8. The van der Waals surface area contributed by atoms with Gasteiger partial charge in [0.05, 0.1) is 6.10 Å². The summed E-state index contributed by atoms with van der Waals surface area (Å²) in [6.45, 7) is 14.8. The molecule has 0 amide bonds. The molecule has 3 saturated carbocycles. The maximum atomic E-state index is 10.3. The van der Waals surface area contributed by atoms with E-state index in [4.69, 9.17) is 0 Å². The number of hydrogen-bond acceptors (Lipinski definition) is 1. The predicted octanol–water partition coefficient (Wildman–Crippen LogP) is 8.19. The molecule has 0 aliphatic heterocycles. The summed E-state index contributed by atoms with van der Waals surface area (Å²) in [5.74, 6) is 5.88. The fourth-order valence-electron chi connectivity index (χ4n) is 9.08. The number of fused-ring (bicyclic) bond motifs is 5. The Hall–Kier alpha value is -0.560. The highest BCUT2D eigenvalue weighted by Gasteiger charge is 2.59. The van der Waals surface area contributed by atoms with Crippen LogP contribution in [0.4, 0.5) is 0 Å². The maximum Gasteiger partial charge on any atom is 0.0577 e. The first-order chi connectivity index (χ1) is 14.7. The third-order valence-corrected chi connectivity index (χ3v) is 11.1. The fourth-order valence-corrected chi connectivity index (χ4v) is 9.08. The summed E-state index contributed by atoms with van der Waals surface area (Å²) in [4.78, 5) is 0. The highest BCUT2D eigenvalue weighted by molar-refractivity contribution is 5.25. The minimum atomic E-state index is -0.0856. The van der Waals surface area contributed by atoms with Crippen molar-refractivity contribution in [2.24, 2.45) is 52.3 Å². The SMILES string of the molecule is CCC(/C=C/C[C@@H](C)[C@H]1CC[C@H]2[C@@H]3CC=C4C[C@@H](O)CC[C@]4(C)[C@H]3CC[C@]12C)C(C)C. The van der Waals surface area contributed by atoms with E-state index in [2.05, 4.69) is 59.8 Å². The number of hydrogen-bond donors (Lipinski definition) is 1. The van der Waals surface area contributed by atoms with E-state index < -0.39 is 0 Å². The van der Waals surface area contributed by atoms with Gasteiger partial charge in [0.25, 0.3) is 0 Å². The topological polar surface area (TPSA) is 20.2 Å². The lowest BCUT2D eigenvalue weighted by atomic mass is 9.47. The van der Waals surface area contributed by atoms with Gasteiger partial charge in [0.2, 0.25) is 0 Å². The van der Waals surface area contributed by atoms with Gasteiger partial charge in [0.15, 0.2) is 0 Å². The molecule has 176 valence electrons. The second-order valence-corrected chi connectivity index (χ2v) is 12.8. The largest absolute Gasteiger partial charge is 0.393 e. The molecular weight excluding hydrogens is 376 g/mol. The molecule has 1 N–H and O–H groups in total. The fraction of sp³-hybridized carbons (Fsp3) is 0.867. The van der Waals surface area contributed by atoms with Crippen molar-refractivity contribution < 1.29 is 5.11 Å². The van der Waals surface area contributed by atoms with Gasteiger partial charge < -0.3 is 5.11 Å². The Morgan fingerprint density at radius 3 is 2.55 bits per heavy atom. The van der Waals surface area contributed by atoms with Crippen molar-refractivity contribution >= 4 is 0 Å². The Labute approximate surface area is 193 Å². The van der Waals surface area contributed by atoms with Crippen molar-refractivity contribution in [3.05, 3.63) is 23.8 Å². The molecule has 0 spiro atoms. The summed E-state index contributed by atoms with van der Waals surface area (Å²) in [6, 6.07) is 0. The van der Waals surface area contributed by atoms with Crippen molar-refractivity contribution in [2.45, 2.75) is 112 Å². The quantitative estimate of drug-likeness (QED) is 0.424. The zero-order valence-corrected chi connectivity index (χ0v) is 21.4. The monoisotopic (exact) mass is 426 g/mol. The van der Waals surface area contributed by atoms with Crippen LogP contribution in [-0.2, 0) is 0 Å². The van der Waals surface area contributed by atoms with Crippen LogP contribution in [0.2, 0.25) is 0 Å². The molecule has 1 unspecified atom stereocenters. The van der Waals surface area contributed by atoms with E-state index in [9.17, 15) is 5.11 Å². The lowest BCUT2D eigenvalue weighted by Crippen LogP contribution is -2.50. The van der Waals surface area contributed by atoms with E-state index in [1.54, 1.807) is 5.57 Å². The number of allylic oxidation sites excluding steroid dienone is 3. The van der Waals surface area contributed by atoms with Gasteiger partial charge in [0, 0.05) is 0 Å². The van der Waals surface area contributed by atoms with Gasteiger partial charge in [0.1, 0.15) is 0 Å². The maximum absolute atomic E-state index is 10.3. The van der Waals surface area contributed by atoms with E-state index in [0.717, 1.165) is 54.3 Å². The van der Waals surface area contributed by atoms with Gasteiger partial charge in [-0.25, -0.2) is 0 Å². The molecule has 4 aliphatic carbocycles. The molecule has 0 radical (unpaired) electrons. The molecule has 0 saturated heterocycles. The van der Waals surface area contributed by atoms with Gasteiger partial charge in [-0.1, -0.05) is 65.3 Å². The molecule has 4 aliphatic rings. The van der Waals surface area contributed by atoms with Crippen LogP contribution in [0.1, 0.15) is 106 Å². The first kappa shape index (κ1) is 23.6. The highest BCUT2D eigenvalue weighted by Crippen LogP contribution is 2.67. The average molecular weight is 427 g/mol. The first-order valence-electron chi connectivity index (χ1n) is 13.7. The highest BCUT2D eigenvalue weighted by atomic mass is 16.3. The van der Waals surface area contributed by atoms with Gasteiger partial charge in [-0.3, -0.25) is 0 Å². The zero-order chi connectivity index (χ0) is 22.4. The van der Waals surface area contributed by atoms with Crippen LogP contribution in [0.3, 0.4) is 0 Å². The van der Waals surface area contributed by atoms with Gasteiger partial charge in [-0.2, -0.15) is 0 Å². The molecule has 0 aromatic heterocycles. The Kier molecular flexibility index (Phi) is 6.85. The molecule has 0 bridgehead atoms.